The van der Waals surface area contributed by atoms with Crippen molar-refractivity contribution in [3.05, 3.63) is 63.9 Å². The molecule has 0 heterocycles. The van der Waals surface area contributed by atoms with E-state index in [0.29, 0.717) is 17.3 Å². The average molecular weight is 275 g/mol. The van der Waals surface area contributed by atoms with Crippen molar-refractivity contribution in [3.63, 3.8) is 0 Å². The van der Waals surface area contributed by atoms with E-state index in [1.807, 2.05) is 31.2 Å². The van der Waals surface area contributed by atoms with Gasteiger partial charge >= 0.3 is 0 Å². The molecular formula is C15H12ClFN2. The molecule has 0 fully saturated rings. The van der Waals surface area contributed by atoms with Crippen molar-refractivity contribution in [2.75, 3.05) is 5.32 Å². The molecule has 2 aromatic rings. The minimum absolute atomic E-state index is 0.281. The topological polar surface area (TPSA) is 35.8 Å². The monoisotopic (exact) mass is 274 g/mol. The predicted octanol–water partition coefficient (Wildman–Crippen LogP) is 4.27. The molecule has 0 spiro atoms. The van der Waals surface area contributed by atoms with E-state index in [9.17, 15) is 4.39 Å². The van der Waals surface area contributed by atoms with Gasteiger partial charge in [0.1, 0.15) is 11.9 Å². The van der Waals surface area contributed by atoms with Gasteiger partial charge in [-0.1, -0.05) is 23.7 Å². The lowest BCUT2D eigenvalue weighted by molar-refractivity contribution is 0.627. The fraction of sp³-hybridized carbons (Fsp3) is 0.133. The van der Waals surface area contributed by atoms with Crippen LogP contribution in [0.15, 0.2) is 36.4 Å². The van der Waals surface area contributed by atoms with Gasteiger partial charge in [-0.3, -0.25) is 0 Å². The van der Waals surface area contributed by atoms with Crippen LogP contribution in [0.2, 0.25) is 5.02 Å². The molecule has 0 saturated carbocycles. The molecule has 1 N–H and O–H groups in total. The molecule has 4 heteroatoms. The van der Waals surface area contributed by atoms with Crippen LogP contribution in [0.25, 0.3) is 0 Å². The van der Waals surface area contributed by atoms with E-state index in [1.165, 1.54) is 12.1 Å². The summed E-state index contributed by atoms with van der Waals surface area (Å²) in [5, 5.41) is 12.7. The summed E-state index contributed by atoms with van der Waals surface area (Å²) >= 11 is 6.13. The zero-order valence-corrected chi connectivity index (χ0v) is 11.1. The number of halogens is 2. The normalized spacial score (nSPS) is 10.0. The van der Waals surface area contributed by atoms with Gasteiger partial charge in [0.25, 0.3) is 0 Å². The zero-order valence-electron chi connectivity index (χ0n) is 10.4. The Bertz CT molecular complexity index is 647. The Morgan fingerprint density at radius 1 is 1.26 bits per heavy atom. The van der Waals surface area contributed by atoms with Crippen LogP contribution in [-0.4, -0.2) is 0 Å². The number of rotatable bonds is 3. The Morgan fingerprint density at radius 3 is 2.74 bits per heavy atom. The molecule has 0 atom stereocenters. The highest BCUT2D eigenvalue weighted by Gasteiger charge is 2.05. The summed E-state index contributed by atoms with van der Waals surface area (Å²) in [6.45, 7) is 2.45. The first-order valence-electron chi connectivity index (χ1n) is 5.78. The minimum atomic E-state index is -0.421. The molecule has 0 unspecified atom stereocenters. The fourth-order valence-electron chi connectivity index (χ4n) is 1.75. The SMILES string of the molecule is Cc1ccc(CNc2ccc(F)cc2C#N)c(Cl)c1. The van der Waals surface area contributed by atoms with Crippen LogP contribution in [0.3, 0.4) is 0 Å². The minimum Gasteiger partial charge on any atom is -0.380 e. The zero-order chi connectivity index (χ0) is 13.8. The van der Waals surface area contributed by atoms with Crippen molar-refractivity contribution in [2.45, 2.75) is 13.5 Å². The summed E-state index contributed by atoms with van der Waals surface area (Å²) in [6, 6.07) is 11.8. The lowest BCUT2D eigenvalue weighted by atomic mass is 10.1. The summed E-state index contributed by atoms with van der Waals surface area (Å²) in [5.74, 6) is -0.421. The quantitative estimate of drug-likeness (QED) is 0.907. The Morgan fingerprint density at radius 2 is 2.05 bits per heavy atom. The highest BCUT2D eigenvalue weighted by Crippen LogP contribution is 2.21. The first-order chi connectivity index (χ1) is 9.10. The van der Waals surface area contributed by atoms with E-state index in [4.69, 9.17) is 16.9 Å². The number of aryl methyl sites for hydroxylation is 1. The molecule has 0 aliphatic heterocycles. The number of nitriles is 1. The van der Waals surface area contributed by atoms with Crippen LogP contribution in [0, 0.1) is 24.1 Å². The molecule has 19 heavy (non-hydrogen) atoms. The summed E-state index contributed by atoms with van der Waals surface area (Å²) in [6.07, 6.45) is 0. The second-order valence-corrected chi connectivity index (χ2v) is 4.66. The van der Waals surface area contributed by atoms with E-state index in [-0.39, 0.29) is 5.56 Å². The second kappa shape index (κ2) is 5.73. The number of anilines is 1. The molecule has 0 aliphatic rings. The van der Waals surface area contributed by atoms with Crippen molar-refractivity contribution < 1.29 is 4.39 Å². The molecule has 0 bridgehead atoms. The predicted molar refractivity (Wildman–Crippen MR) is 74.6 cm³/mol. The van der Waals surface area contributed by atoms with Crippen LogP contribution in [0.1, 0.15) is 16.7 Å². The van der Waals surface area contributed by atoms with Gasteiger partial charge in [-0.15, -0.1) is 0 Å². The lowest BCUT2D eigenvalue weighted by Crippen LogP contribution is -2.02. The first-order valence-corrected chi connectivity index (χ1v) is 6.16. The standard InChI is InChI=1S/C15H12ClFN2/c1-10-2-3-11(14(16)6-10)9-19-15-5-4-13(17)7-12(15)8-18/h2-7,19H,9H2,1H3. The molecule has 2 nitrogen and oxygen atoms in total. The van der Waals surface area contributed by atoms with E-state index in [2.05, 4.69) is 5.32 Å². The van der Waals surface area contributed by atoms with Crippen molar-refractivity contribution in [3.8, 4) is 6.07 Å². The van der Waals surface area contributed by atoms with Crippen LogP contribution in [0.5, 0.6) is 0 Å². The summed E-state index contributed by atoms with van der Waals surface area (Å²) in [7, 11) is 0. The maximum atomic E-state index is 13.0. The third kappa shape index (κ3) is 3.24. The van der Waals surface area contributed by atoms with Crippen LogP contribution in [-0.2, 0) is 6.54 Å². The summed E-state index contributed by atoms with van der Waals surface area (Å²) < 4.78 is 13.0. The summed E-state index contributed by atoms with van der Waals surface area (Å²) in [5.41, 5.74) is 2.90. The second-order valence-electron chi connectivity index (χ2n) is 4.25. The van der Waals surface area contributed by atoms with Crippen LogP contribution < -0.4 is 5.32 Å². The van der Waals surface area contributed by atoms with Gasteiger partial charge in [0.15, 0.2) is 0 Å². The molecule has 0 radical (unpaired) electrons. The smallest absolute Gasteiger partial charge is 0.124 e. The van der Waals surface area contributed by atoms with Crippen LogP contribution in [0.4, 0.5) is 10.1 Å². The highest BCUT2D eigenvalue weighted by molar-refractivity contribution is 6.31. The van der Waals surface area contributed by atoms with Crippen LogP contribution >= 0.6 is 11.6 Å². The van der Waals surface area contributed by atoms with Gasteiger partial charge in [0.2, 0.25) is 0 Å². The molecular weight excluding hydrogens is 263 g/mol. The van der Waals surface area contributed by atoms with Gasteiger partial charge in [-0.2, -0.15) is 5.26 Å². The van der Waals surface area contributed by atoms with Gasteiger partial charge < -0.3 is 5.32 Å². The van der Waals surface area contributed by atoms with E-state index in [0.717, 1.165) is 11.1 Å². The third-order valence-electron chi connectivity index (χ3n) is 2.78. The molecule has 2 aromatic carbocycles. The van der Waals surface area contributed by atoms with Gasteiger partial charge in [0, 0.05) is 11.6 Å². The Labute approximate surface area is 116 Å². The molecule has 0 aliphatic carbocycles. The van der Waals surface area contributed by atoms with Crippen molar-refractivity contribution >= 4 is 17.3 Å². The average Bonchev–Trinajstić information content (AvgIpc) is 2.39. The van der Waals surface area contributed by atoms with E-state index < -0.39 is 5.82 Å². The number of nitrogens with zero attached hydrogens (tertiary/aromatic N) is 1. The van der Waals surface area contributed by atoms with Crippen molar-refractivity contribution in [1.82, 2.24) is 0 Å². The number of hydrogen-bond acceptors (Lipinski definition) is 2. The fourth-order valence-corrected chi connectivity index (χ4v) is 2.05. The van der Waals surface area contributed by atoms with Gasteiger partial charge in [-0.05, 0) is 42.3 Å². The maximum Gasteiger partial charge on any atom is 0.124 e. The molecule has 0 amide bonds. The van der Waals surface area contributed by atoms with Crippen molar-refractivity contribution in [1.29, 1.82) is 5.26 Å². The number of benzene rings is 2. The van der Waals surface area contributed by atoms with E-state index in [1.54, 1.807) is 6.07 Å². The van der Waals surface area contributed by atoms with E-state index >= 15 is 0 Å². The van der Waals surface area contributed by atoms with Crippen molar-refractivity contribution in [2.24, 2.45) is 0 Å². The third-order valence-corrected chi connectivity index (χ3v) is 3.13. The molecule has 0 aromatic heterocycles. The maximum absolute atomic E-state index is 13.0. The number of nitrogens with one attached hydrogen (secondary N) is 1. The Hall–Kier alpha value is -2.05. The molecule has 2 rings (SSSR count). The molecule has 96 valence electrons. The summed E-state index contributed by atoms with van der Waals surface area (Å²) in [4.78, 5) is 0. The Balaban J connectivity index is 2.17. The largest absolute Gasteiger partial charge is 0.380 e. The Kier molecular flexibility index (Phi) is 4.03. The number of hydrogen-bond donors (Lipinski definition) is 1. The lowest BCUT2D eigenvalue weighted by Gasteiger charge is -2.10. The highest BCUT2D eigenvalue weighted by atomic mass is 35.5. The first kappa shape index (κ1) is 13.4. The molecule has 0 saturated heterocycles. The van der Waals surface area contributed by atoms with Gasteiger partial charge in [-0.25, -0.2) is 4.39 Å². The van der Waals surface area contributed by atoms with Gasteiger partial charge in [0.05, 0.1) is 11.3 Å².